The van der Waals surface area contributed by atoms with Crippen molar-refractivity contribution in [2.75, 3.05) is 13.1 Å². The average molecular weight is 314 g/mol. The molecule has 5 heteroatoms. The van der Waals surface area contributed by atoms with Crippen LogP contribution >= 0.6 is 0 Å². The molecule has 23 heavy (non-hydrogen) atoms. The highest BCUT2D eigenvalue weighted by Gasteiger charge is 2.31. The zero-order chi connectivity index (χ0) is 16.2. The maximum absolute atomic E-state index is 13.3. The number of aromatic nitrogens is 1. The first-order valence-electron chi connectivity index (χ1n) is 7.77. The van der Waals surface area contributed by atoms with Gasteiger partial charge in [-0.25, -0.2) is 4.39 Å². The number of carboxylic acids is 1. The van der Waals surface area contributed by atoms with E-state index in [0.29, 0.717) is 13.0 Å². The van der Waals surface area contributed by atoms with Gasteiger partial charge >= 0.3 is 5.97 Å². The molecule has 3 rings (SSSR count). The van der Waals surface area contributed by atoms with E-state index in [1.165, 1.54) is 12.1 Å². The molecule has 2 unspecified atom stereocenters. The highest BCUT2D eigenvalue weighted by Crippen LogP contribution is 2.32. The van der Waals surface area contributed by atoms with Gasteiger partial charge < -0.3 is 5.11 Å². The zero-order valence-electron chi connectivity index (χ0n) is 12.7. The normalized spacial score (nSPS) is 20.1. The fourth-order valence-electron chi connectivity index (χ4n) is 3.24. The van der Waals surface area contributed by atoms with E-state index in [1.54, 1.807) is 24.5 Å². The molecule has 0 saturated carbocycles. The van der Waals surface area contributed by atoms with Gasteiger partial charge in [-0.2, -0.15) is 0 Å². The molecule has 2 heterocycles. The van der Waals surface area contributed by atoms with Gasteiger partial charge in [0.25, 0.3) is 0 Å². The summed E-state index contributed by atoms with van der Waals surface area (Å²) in [5.41, 5.74) is 1.94. The summed E-state index contributed by atoms with van der Waals surface area (Å²) in [5.74, 6) is -1.39. The molecule has 120 valence electrons. The van der Waals surface area contributed by atoms with Crippen molar-refractivity contribution < 1.29 is 14.3 Å². The topological polar surface area (TPSA) is 53.4 Å². The van der Waals surface area contributed by atoms with Crippen LogP contribution in [0.15, 0.2) is 48.8 Å². The first-order chi connectivity index (χ1) is 11.1. The standard InChI is InChI=1S/C18H19FN2O2/c19-16-7-5-13(6-8-16)17(14-3-1-9-20-11-14)21-10-2-4-15(12-21)18(22)23/h1,3,5-9,11,15,17H,2,4,10,12H2,(H,22,23). The molecule has 1 aliphatic rings. The van der Waals surface area contributed by atoms with Crippen LogP contribution in [-0.2, 0) is 4.79 Å². The summed E-state index contributed by atoms with van der Waals surface area (Å²) in [6.07, 6.45) is 5.05. The lowest BCUT2D eigenvalue weighted by Gasteiger charge is -2.37. The minimum Gasteiger partial charge on any atom is -0.481 e. The number of hydrogen-bond acceptors (Lipinski definition) is 3. The van der Waals surface area contributed by atoms with Crippen molar-refractivity contribution in [3.05, 3.63) is 65.7 Å². The Morgan fingerprint density at radius 3 is 2.70 bits per heavy atom. The molecule has 1 aliphatic heterocycles. The highest BCUT2D eigenvalue weighted by atomic mass is 19.1. The molecular weight excluding hydrogens is 295 g/mol. The molecule has 1 aromatic heterocycles. The third-order valence-electron chi connectivity index (χ3n) is 4.35. The van der Waals surface area contributed by atoms with Crippen molar-refractivity contribution in [3.8, 4) is 0 Å². The second kappa shape index (κ2) is 6.87. The van der Waals surface area contributed by atoms with E-state index in [9.17, 15) is 14.3 Å². The van der Waals surface area contributed by atoms with Crippen molar-refractivity contribution in [1.29, 1.82) is 0 Å². The number of likely N-dealkylation sites (tertiary alicyclic amines) is 1. The predicted octanol–water partition coefficient (Wildman–Crippen LogP) is 3.11. The van der Waals surface area contributed by atoms with Crippen molar-refractivity contribution in [3.63, 3.8) is 0 Å². The maximum Gasteiger partial charge on any atom is 0.307 e. The Labute approximate surface area is 134 Å². The lowest BCUT2D eigenvalue weighted by molar-refractivity contribution is -0.143. The summed E-state index contributed by atoms with van der Waals surface area (Å²) in [7, 11) is 0. The first kappa shape index (κ1) is 15.6. The summed E-state index contributed by atoms with van der Waals surface area (Å²) < 4.78 is 13.3. The zero-order valence-corrected chi connectivity index (χ0v) is 12.7. The van der Waals surface area contributed by atoms with Crippen molar-refractivity contribution >= 4 is 5.97 Å². The van der Waals surface area contributed by atoms with Gasteiger partial charge in [-0.1, -0.05) is 18.2 Å². The molecule has 0 radical (unpaired) electrons. The molecule has 1 saturated heterocycles. The van der Waals surface area contributed by atoms with Crippen LogP contribution in [0.25, 0.3) is 0 Å². The predicted molar refractivity (Wildman–Crippen MR) is 84.4 cm³/mol. The van der Waals surface area contributed by atoms with Gasteiger partial charge in [-0.3, -0.25) is 14.7 Å². The third kappa shape index (κ3) is 3.56. The lowest BCUT2D eigenvalue weighted by Crippen LogP contribution is -2.41. The average Bonchev–Trinajstić information content (AvgIpc) is 2.58. The van der Waals surface area contributed by atoms with E-state index in [2.05, 4.69) is 9.88 Å². The van der Waals surface area contributed by atoms with Gasteiger partial charge in [0.1, 0.15) is 5.82 Å². The van der Waals surface area contributed by atoms with Crippen LogP contribution in [0.1, 0.15) is 30.0 Å². The van der Waals surface area contributed by atoms with Gasteiger partial charge in [0.05, 0.1) is 12.0 Å². The number of rotatable bonds is 4. The Kier molecular flexibility index (Phi) is 4.67. The number of benzene rings is 1. The van der Waals surface area contributed by atoms with Gasteiger partial charge in [0, 0.05) is 18.9 Å². The number of aliphatic carboxylic acids is 1. The molecule has 0 spiro atoms. The number of nitrogens with zero attached hydrogens (tertiary/aromatic N) is 2. The molecule has 2 aromatic rings. The SMILES string of the molecule is O=C(O)C1CCCN(C(c2ccc(F)cc2)c2cccnc2)C1. The van der Waals surface area contributed by atoms with Crippen LogP contribution in [0.3, 0.4) is 0 Å². The molecule has 0 aliphatic carbocycles. The monoisotopic (exact) mass is 314 g/mol. The van der Waals surface area contributed by atoms with E-state index in [0.717, 1.165) is 24.1 Å². The number of piperidine rings is 1. The molecule has 4 nitrogen and oxygen atoms in total. The number of carbonyl (C=O) groups is 1. The Morgan fingerprint density at radius 1 is 1.26 bits per heavy atom. The van der Waals surface area contributed by atoms with Gasteiger partial charge in [-0.15, -0.1) is 0 Å². The first-order valence-corrected chi connectivity index (χ1v) is 7.77. The minimum absolute atomic E-state index is 0.105. The summed E-state index contributed by atoms with van der Waals surface area (Å²) in [6, 6.07) is 10.1. The van der Waals surface area contributed by atoms with Crippen LogP contribution in [0, 0.1) is 11.7 Å². The molecule has 2 atom stereocenters. The number of halogens is 1. The number of carboxylic acid groups (broad SMARTS) is 1. The Bertz CT molecular complexity index is 660. The van der Waals surface area contributed by atoms with Crippen molar-refractivity contribution in [2.24, 2.45) is 5.92 Å². The summed E-state index contributed by atoms with van der Waals surface area (Å²) >= 11 is 0. The van der Waals surface area contributed by atoms with E-state index in [1.807, 2.05) is 12.1 Å². The van der Waals surface area contributed by atoms with Crippen LogP contribution in [0.2, 0.25) is 0 Å². The molecule has 0 amide bonds. The van der Waals surface area contributed by atoms with Crippen molar-refractivity contribution in [1.82, 2.24) is 9.88 Å². The summed E-state index contributed by atoms with van der Waals surface area (Å²) in [6.45, 7) is 1.31. The van der Waals surface area contributed by atoms with E-state index in [4.69, 9.17) is 0 Å². The minimum atomic E-state index is -0.751. The number of pyridine rings is 1. The maximum atomic E-state index is 13.3. The van der Waals surface area contributed by atoms with Crippen LogP contribution in [0.5, 0.6) is 0 Å². The van der Waals surface area contributed by atoms with Gasteiger partial charge in [0.2, 0.25) is 0 Å². The third-order valence-corrected chi connectivity index (χ3v) is 4.35. The molecular formula is C18H19FN2O2. The van der Waals surface area contributed by atoms with Crippen LogP contribution in [-0.4, -0.2) is 34.0 Å². The van der Waals surface area contributed by atoms with E-state index >= 15 is 0 Å². The Hall–Kier alpha value is -2.27. The fraction of sp³-hybridized carbons (Fsp3) is 0.333. The van der Waals surface area contributed by atoms with E-state index in [-0.39, 0.29) is 17.8 Å². The Morgan fingerprint density at radius 2 is 2.04 bits per heavy atom. The van der Waals surface area contributed by atoms with Gasteiger partial charge in [-0.05, 0) is 48.7 Å². The lowest BCUT2D eigenvalue weighted by atomic mass is 9.92. The molecule has 1 fully saturated rings. The van der Waals surface area contributed by atoms with E-state index < -0.39 is 5.97 Å². The van der Waals surface area contributed by atoms with Gasteiger partial charge in [0.15, 0.2) is 0 Å². The Balaban J connectivity index is 1.95. The number of hydrogen-bond donors (Lipinski definition) is 1. The second-order valence-electron chi connectivity index (χ2n) is 5.91. The largest absolute Gasteiger partial charge is 0.481 e. The smallest absolute Gasteiger partial charge is 0.307 e. The summed E-state index contributed by atoms with van der Waals surface area (Å²) in [4.78, 5) is 17.7. The molecule has 0 bridgehead atoms. The summed E-state index contributed by atoms with van der Waals surface area (Å²) in [5, 5.41) is 9.33. The second-order valence-corrected chi connectivity index (χ2v) is 5.91. The van der Waals surface area contributed by atoms with Crippen LogP contribution in [0.4, 0.5) is 4.39 Å². The van der Waals surface area contributed by atoms with Crippen molar-refractivity contribution in [2.45, 2.75) is 18.9 Å². The van der Waals surface area contributed by atoms with Crippen LogP contribution < -0.4 is 0 Å². The highest BCUT2D eigenvalue weighted by molar-refractivity contribution is 5.70. The quantitative estimate of drug-likeness (QED) is 0.942. The fourth-order valence-corrected chi connectivity index (χ4v) is 3.24. The molecule has 1 N–H and O–H groups in total. The molecule has 1 aromatic carbocycles.